The van der Waals surface area contributed by atoms with Crippen LogP contribution in [0.15, 0.2) is 33.7 Å². The van der Waals surface area contributed by atoms with Crippen LogP contribution < -0.4 is 5.32 Å². The van der Waals surface area contributed by atoms with Crippen LogP contribution in [0, 0.1) is 0 Å². The predicted molar refractivity (Wildman–Crippen MR) is 84.4 cm³/mol. The minimum atomic E-state index is 0.609. The largest absolute Gasteiger partial charge is 0.338 e. The highest BCUT2D eigenvalue weighted by atomic mass is 35.5. The van der Waals surface area contributed by atoms with Crippen LogP contribution >= 0.6 is 23.4 Å². The molecule has 0 atom stereocenters. The molecule has 1 fully saturated rings. The van der Waals surface area contributed by atoms with Gasteiger partial charge in [-0.25, -0.2) is 0 Å². The van der Waals surface area contributed by atoms with E-state index in [4.69, 9.17) is 16.1 Å². The number of hydrogen-bond acceptors (Lipinski definition) is 5. The topological polar surface area (TPSA) is 51.0 Å². The summed E-state index contributed by atoms with van der Waals surface area (Å²) in [6.45, 7) is 0.661. The molecule has 4 nitrogen and oxygen atoms in total. The molecule has 6 heteroatoms. The van der Waals surface area contributed by atoms with Crippen LogP contribution in [0.25, 0.3) is 0 Å². The van der Waals surface area contributed by atoms with Crippen molar-refractivity contribution < 1.29 is 4.52 Å². The predicted octanol–water partition coefficient (Wildman–Crippen LogP) is 4.05. The first-order chi connectivity index (χ1) is 10.3. The number of thioether (sulfide) groups is 1. The van der Waals surface area contributed by atoms with Crippen molar-refractivity contribution >= 4 is 23.4 Å². The number of benzene rings is 1. The van der Waals surface area contributed by atoms with Gasteiger partial charge in [0.1, 0.15) is 0 Å². The van der Waals surface area contributed by atoms with E-state index in [0.717, 1.165) is 9.92 Å². The smallest absolute Gasteiger partial charge is 0.240 e. The third-order valence-corrected chi connectivity index (χ3v) is 5.11. The number of halogens is 1. The Morgan fingerprint density at radius 1 is 1.29 bits per heavy atom. The number of hydrogen-bond donors (Lipinski definition) is 1. The second-order valence-corrected chi connectivity index (χ2v) is 6.61. The lowest BCUT2D eigenvalue weighted by Crippen LogP contribution is -2.25. The molecule has 0 amide bonds. The molecule has 1 aliphatic rings. The number of aromatic nitrogens is 2. The Hall–Kier alpha value is -1.04. The first-order valence-electron chi connectivity index (χ1n) is 7.23. The van der Waals surface area contributed by atoms with E-state index >= 15 is 0 Å². The Bertz CT molecular complexity index is 584. The van der Waals surface area contributed by atoms with Crippen molar-refractivity contribution in [2.75, 3.05) is 0 Å². The maximum absolute atomic E-state index is 6.12. The normalized spacial score (nSPS) is 15.7. The van der Waals surface area contributed by atoms with E-state index < -0.39 is 0 Å². The first-order valence-corrected chi connectivity index (χ1v) is 8.60. The van der Waals surface area contributed by atoms with Gasteiger partial charge < -0.3 is 9.84 Å². The molecule has 1 aliphatic carbocycles. The van der Waals surface area contributed by atoms with E-state index in [9.17, 15) is 0 Å². The Kier molecular flexibility index (Phi) is 5.17. The van der Waals surface area contributed by atoms with Crippen LogP contribution in [0.5, 0.6) is 0 Å². The van der Waals surface area contributed by atoms with Gasteiger partial charge in [0.2, 0.25) is 5.89 Å². The highest BCUT2D eigenvalue weighted by molar-refractivity contribution is 7.98. The van der Waals surface area contributed by atoms with Crippen molar-refractivity contribution in [2.45, 2.75) is 48.9 Å². The summed E-state index contributed by atoms with van der Waals surface area (Å²) >= 11 is 7.74. The third kappa shape index (κ3) is 4.22. The molecule has 1 heterocycles. The van der Waals surface area contributed by atoms with Crippen molar-refractivity contribution in [3.63, 3.8) is 0 Å². The quantitative estimate of drug-likeness (QED) is 0.813. The summed E-state index contributed by atoms with van der Waals surface area (Å²) in [5.41, 5.74) is 0. The fourth-order valence-corrected chi connectivity index (χ4v) is 3.57. The molecule has 0 spiro atoms. The number of nitrogens with zero attached hydrogens (tertiary/aromatic N) is 2. The molecule has 1 N–H and O–H groups in total. The average molecular weight is 324 g/mol. The van der Waals surface area contributed by atoms with Crippen molar-refractivity contribution in [2.24, 2.45) is 0 Å². The van der Waals surface area contributed by atoms with Crippen LogP contribution in [-0.4, -0.2) is 16.2 Å². The molecule has 3 rings (SSSR count). The Balaban J connectivity index is 1.49. The van der Waals surface area contributed by atoms with Gasteiger partial charge in [0, 0.05) is 10.9 Å². The van der Waals surface area contributed by atoms with E-state index in [1.165, 1.54) is 25.7 Å². The summed E-state index contributed by atoms with van der Waals surface area (Å²) in [6, 6.07) is 8.39. The van der Waals surface area contributed by atoms with E-state index in [0.29, 0.717) is 30.1 Å². The molecule has 0 aliphatic heterocycles. The molecule has 1 saturated carbocycles. The number of rotatable bonds is 6. The highest BCUT2D eigenvalue weighted by Crippen LogP contribution is 2.28. The SMILES string of the molecule is Clc1ccccc1SCc1noc(CNC2CCCC2)n1. The van der Waals surface area contributed by atoms with Crippen LogP contribution in [0.3, 0.4) is 0 Å². The minimum Gasteiger partial charge on any atom is -0.338 e. The zero-order chi connectivity index (χ0) is 14.5. The van der Waals surface area contributed by atoms with Gasteiger partial charge in [-0.1, -0.05) is 41.7 Å². The molecule has 1 aromatic heterocycles. The van der Waals surface area contributed by atoms with Crippen LogP contribution in [0.4, 0.5) is 0 Å². The lowest BCUT2D eigenvalue weighted by Gasteiger charge is -2.08. The Labute approximate surface area is 133 Å². The Morgan fingerprint density at radius 3 is 2.90 bits per heavy atom. The molecule has 0 radical (unpaired) electrons. The van der Waals surface area contributed by atoms with Crippen molar-refractivity contribution in [1.82, 2.24) is 15.5 Å². The lowest BCUT2D eigenvalue weighted by molar-refractivity contribution is 0.354. The van der Waals surface area contributed by atoms with Gasteiger partial charge in [-0.15, -0.1) is 11.8 Å². The maximum atomic E-state index is 6.12. The van der Waals surface area contributed by atoms with Gasteiger partial charge in [0.15, 0.2) is 5.82 Å². The molecule has 0 bridgehead atoms. The van der Waals surface area contributed by atoms with Crippen LogP contribution in [0.1, 0.15) is 37.4 Å². The summed E-state index contributed by atoms with van der Waals surface area (Å²) in [6.07, 6.45) is 5.15. The molecule has 0 unspecified atom stereocenters. The summed E-state index contributed by atoms with van der Waals surface area (Å²) in [7, 11) is 0. The van der Waals surface area contributed by atoms with Crippen LogP contribution in [0.2, 0.25) is 5.02 Å². The Morgan fingerprint density at radius 2 is 2.10 bits per heavy atom. The molecular formula is C15H18ClN3OS. The summed E-state index contributed by atoms with van der Waals surface area (Å²) in [5.74, 6) is 2.04. The summed E-state index contributed by atoms with van der Waals surface area (Å²) in [5, 5.41) is 8.24. The molecule has 2 aromatic rings. The second-order valence-electron chi connectivity index (χ2n) is 5.19. The lowest BCUT2D eigenvalue weighted by atomic mass is 10.2. The zero-order valence-corrected chi connectivity index (χ0v) is 13.3. The molecule has 0 saturated heterocycles. The van der Waals surface area contributed by atoms with Crippen molar-refractivity contribution in [1.29, 1.82) is 0 Å². The van der Waals surface area contributed by atoms with E-state index in [1.807, 2.05) is 24.3 Å². The first kappa shape index (κ1) is 14.9. The molecule has 112 valence electrons. The van der Waals surface area contributed by atoms with Crippen molar-refractivity contribution in [3.05, 3.63) is 41.0 Å². The van der Waals surface area contributed by atoms with E-state index in [2.05, 4.69) is 15.5 Å². The zero-order valence-electron chi connectivity index (χ0n) is 11.7. The fourth-order valence-electron chi connectivity index (χ4n) is 2.49. The van der Waals surface area contributed by atoms with Crippen molar-refractivity contribution in [3.8, 4) is 0 Å². The van der Waals surface area contributed by atoms with Gasteiger partial charge in [-0.2, -0.15) is 4.98 Å². The van der Waals surface area contributed by atoms with Crippen LogP contribution in [-0.2, 0) is 12.3 Å². The van der Waals surface area contributed by atoms with Gasteiger partial charge in [0.25, 0.3) is 0 Å². The third-order valence-electron chi connectivity index (χ3n) is 3.60. The second kappa shape index (κ2) is 7.29. The standard InChI is InChI=1S/C15H18ClN3OS/c16-12-7-3-4-8-13(12)21-10-14-18-15(20-19-14)9-17-11-5-1-2-6-11/h3-4,7-8,11,17H,1-2,5-6,9-10H2. The minimum absolute atomic E-state index is 0.609. The van der Waals surface area contributed by atoms with E-state index in [1.54, 1.807) is 11.8 Å². The molecule has 21 heavy (non-hydrogen) atoms. The molecule has 1 aromatic carbocycles. The summed E-state index contributed by atoms with van der Waals surface area (Å²) in [4.78, 5) is 5.45. The highest BCUT2D eigenvalue weighted by Gasteiger charge is 2.15. The van der Waals surface area contributed by atoms with Gasteiger partial charge in [0.05, 0.1) is 17.3 Å². The van der Waals surface area contributed by atoms with Gasteiger partial charge in [-0.3, -0.25) is 0 Å². The number of nitrogens with one attached hydrogen (secondary N) is 1. The average Bonchev–Trinajstić information content (AvgIpc) is 3.16. The maximum Gasteiger partial charge on any atom is 0.240 e. The fraction of sp³-hybridized carbons (Fsp3) is 0.467. The van der Waals surface area contributed by atoms with Gasteiger partial charge >= 0.3 is 0 Å². The summed E-state index contributed by atoms with van der Waals surface area (Å²) < 4.78 is 5.27. The van der Waals surface area contributed by atoms with Gasteiger partial charge in [-0.05, 0) is 25.0 Å². The molecular weight excluding hydrogens is 306 g/mol. The van der Waals surface area contributed by atoms with E-state index in [-0.39, 0.29) is 0 Å². The monoisotopic (exact) mass is 323 g/mol.